The van der Waals surface area contributed by atoms with Gasteiger partial charge in [0.2, 0.25) is 0 Å². The first kappa shape index (κ1) is 10.1. The summed E-state index contributed by atoms with van der Waals surface area (Å²) in [7, 11) is 0. The van der Waals surface area contributed by atoms with Gasteiger partial charge >= 0.3 is 5.97 Å². The zero-order valence-electron chi connectivity index (χ0n) is 9.17. The van der Waals surface area contributed by atoms with Gasteiger partial charge in [-0.15, -0.1) is 0 Å². The van der Waals surface area contributed by atoms with Gasteiger partial charge in [0.1, 0.15) is 11.5 Å². The Hall–Kier alpha value is -2.03. The third kappa shape index (κ3) is 1.55. The van der Waals surface area contributed by atoms with Crippen molar-refractivity contribution in [1.82, 2.24) is 0 Å². The van der Waals surface area contributed by atoms with Crippen molar-refractivity contribution in [2.45, 2.75) is 12.3 Å². The van der Waals surface area contributed by atoms with E-state index in [1.165, 1.54) is 0 Å². The highest BCUT2D eigenvalue weighted by molar-refractivity contribution is 5.79. The average Bonchev–Trinajstić information content (AvgIpc) is 2.35. The van der Waals surface area contributed by atoms with Crippen LogP contribution in [0.3, 0.4) is 0 Å². The zero-order chi connectivity index (χ0) is 11.8. The largest absolute Gasteiger partial charge is 0.481 e. The number of carbonyl (C=O) groups is 1. The molecule has 0 bridgehead atoms. The molecule has 1 aromatic rings. The van der Waals surface area contributed by atoms with Crippen molar-refractivity contribution in [3.63, 3.8) is 0 Å². The van der Waals surface area contributed by atoms with Gasteiger partial charge in [-0.3, -0.25) is 4.79 Å². The summed E-state index contributed by atoms with van der Waals surface area (Å²) in [5.41, 5.74) is 0.775. The summed E-state index contributed by atoms with van der Waals surface area (Å²) in [6.45, 7) is 0. The second-order valence-electron chi connectivity index (χ2n) is 4.30. The standard InChI is InChI=1S/C14H12O3/c15-14(16)13-9-5-1-3-7-11(9)17-12-8-4-2-6-10(12)13/h1-5,7-8,10,13H,6H2,(H,15,16). The number of allylic oxidation sites excluding steroid dienone is 4. The van der Waals surface area contributed by atoms with Crippen molar-refractivity contribution >= 4 is 5.97 Å². The van der Waals surface area contributed by atoms with Crippen LogP contribution in [0.1, 0.15) is 17.9 Å². The maximum atomic E-state index is 11.5. The third-order valence-corrected chi connectivity index (χ3v) is 3.30. The van der Waals surface area contributed by atoms with Gasteiger partial charge < -0.3 is 9.84 Å². The van der Waals surface area contributed by atoms with Crippen LogP contribution in [-0.4, -0.2) is 11.1 Å². The van der Waals surface area contributed by atoms with E-state index in [1.807, 2.05) is 42.5 Å². The molecule has 0 fully saturated rings. The Balaban J connectivity index is 2.14. The second-order valence-corrected chi connectivity index (χ2v) is 4.30. The van der Waals surface area contributed by atoms with Gasteiger partial charge in [0.15, 0.2) is 0 Å². The lowest BCUT2D eigenvalue weighted by molar-refractivity contribution is -0.140. The van der Waals surface area contributed by atoms with Crippen molar-refractivity contribution in [3.8, 4) is 5.75 Å². The predicted molar refractivity (Wildman–Crippen MR) is 62.8 cm³/mol. The molecule has 0 radical (unpaired) electrons. The Morgan fingerprint density at radius 3 is 3.00 bits per heavy atom. The van der Waals surface area contributed by atoms with E-state index in [4.69, 9.17) is 4.74 Å². The monoisotopic (exact) mass is 228 g/mol. The molecular weight excluding hydrogens is 216 g/mol. The molecule has 0 amide bonds. The first-order valence-electron chi connectivity index (χ1n) is 5.63. The fourth-order valence-electron chi connectivity index (χ4n) is 2.52. The van der Waals surface area contributed by atoms with E-state index < -0.39 is 11.9 Å². The van der Waals surface area contributed by atoms with E-state index in [9.17, 15) is 9.90 Å². The van der Waals surface area contributed by atoms with Gasteiger partial charge in [-0.2, -0.15) is 0 Å². The number of fused-ring (bicyclic) bond motifs is 2. The summed E-state index contributed by atoms with van der Waals surface area (Å²) in [5.74, 6) is 0.0619. The number of hydrogen-bond acceptors (Lipinski definition) is 2. The van der Waals surface area contributed by atoms with E-state index in [0.717, 1.165) is 17.7 Å². The van der Waals surface area contributed by atoms with Crippen LogP contribution in [0.5, 0.6) is 5.75 Å². The molecule has 0 saturated heterocycles. The van der Waals surface area contributed by atoms with Crippen molar-refractivity contribution < 1.29 is 14.6 Å². The quantitative estimate of drug-likeness (QED) is 0.803. The van der Waals surface area contributed by atoms with Gasteiger partial charge in [0.25, 0.3) is 0 Å². The Kier molecular flexibility index (Phi) is 2.25. The minimum atomic E-state index is -0.785. The van der Waals surface area contributed by atoms with Crippen LogP contribution in [0, 0.1) is 5.92 Å². The molecule has 2 aliphatic rings. The van der Waals surface area contributed by atoms with Crippen LogP contribution in [0.25, 0.3) is 0 Å². The van der Waals surface area contributed by atoms with E-state index in [0.29, 0.717) is 5.75 Å². The summed E-state index contributed by atoms with van der Waals surface area (Å²) >= 11 is 0. The van der Waals surface area contributed by atoms with E-state index in [-0.39, 0.29) is 5.92 Å². The Bertz CT molecular complexity index is 528. The van der Waals surface area contributed by atoms with E-state index in [1.54, 1.807) is 0 Å². The highest BCUT2D eigenvalue weighted by atomic mass is 16.5. The number of carboxylic acid groups (broad SMARTS) is 1. The molecule has 17 heavy (non-hydrogen) atoms. The Morgan fingerprint density at radius 1 is 1.35 bits per heavy atom. The van der Waals surface area contributed by atoms with E-state index >= 15 is 0 Å². The first-order chi connectivity index (χ1) is 8.27. The molecule has 1 N–H and O–H groups in total. The molecule has 1 aliphatic heterocycles. The number of para-hydroxylation sites is 1. The number of aliphatic carboxylic acids is 1. The zero-order valence-corrected chi connectivity index (χ0v) is 9.17. The van der Waals surface area contributed by atoms with Gasteiger partial charge in [-0.25, -0.2) is 0 Å². The Labute approximate surface area is 99.0 Å². The minimum absolute atomic E-state index is 0.0765. The summed E-state index contributed by atoms with van der Waals surface area (Å²) in [5, 5.41) is 9.42. The molecule has 1 heterocycles. The molecule has 0 spiro atoms. The molecule has 1 aromatic carbocycles. The van der Waals surface area contributed by atoms with Crippen molar-refractivity contribution in [3.05, 3.63) is 53.8 Å². The fraction of sp³-hybridized carbons (Fsp3) is 0.214. The SMILES string of the molecule is O=C(O)C1c2ccccc2OC2=CC=CCC21. The van der Waals surface area contributed by atoms with Crippen LogP contribution in [-0.2, 0) is 4.79 Å². The first-order valence-corrected chi connectivity index (χ1v) is 5.63. The van der Waals surface area contributed by atoms with E-state index in [2.05, 4.69) is 0 Å². The van der Waals surface area contributed by atoms with Gasteiger partial charge in [-0.1, -0.05) is 30.4 Å². The summed E-state index contributed by atoms with van der Waals surface area (Å²) in [4.78, 5) is 11.5. The number of rotatable bonds is 1. The smallest absolute Gasteiger partial charge is 0.311 e. The number of hydrogen-bond donors (Lipinski definition) is 1. The number of ether oxygens (including phenoxy) is 1. The van der Waals surface area contributed by atoms with Crippen LogP contribution in [0.4, 0.5) is 0 Å². The molecule has 86 valence electrons. The lowest BCUT2D eigenvalue weighted by Gasteiger charge is -2.33. The van der Waals surface area contributed by atoms with Crippen molar-refractivity contribution in [2.75, 3.05) is 0 Å². The lowest BCUT2D eigenvalue weighted by atomic mass is 9.79. The topological polar surface area (TPSA) is 46.5 Å². The second kappa shape index (κ2) is 3.77. The summed E-state index contributed by atoms with van der Waals surface area (Å²) in [6, 6.07) is 7.37. The van der Waals surface area contributed by atoms with Crippen LogP contribution < -0.4 is 4.74 Å². The molecule has 3 heteroatoms. The molecule has 0 aromatic heterocycles. The highest BCUT2D eigenvalue weighted by Crippen LogP contribution is 2.44. The minimum Gasteiger partial charge on any atom is -0.481 e. The molecule has 3 nitrogen and oxygen atoms in total. The Morgan fingerprint density at radius 2 is 2.18 bits per heavy atom. The highest BCUT2D eigenvalue weighted by Gasteiger charge is 2.39. The van der Waals surface area contributed by atoms with Crippen molar-refractivity contribution in [2.24, 2.45) is 5.92 Å². The summed E-state index contributed by atoms with van der Waals surface area (Å²) in [6.07, 6.45) is 6.48. The molecular formula is C14H12O3. The normalized spacial score (nSPS) is 25.3. The van der Waals surface area contributed by atoms with Crippen LogP contribution >= 0.6 is 0 Å². The molecule has 0 saturated carbocycles. The predicted octanol–water partition coefficient (Wildman–Crippen LogP) is 2.71. The fourth-order valence-corrected chi connectivity index (χ4v) is 2.52. The maximum absolute atomic E-state index is 11.5. The van der Waals surface area contributed by atoms with Crippen LogP contribution in [0.15, 0.2) is 48.3 Å². The lowest BCUT2D eigenvalue weighted by Crippen LogP contribution is -2.30. The maximum Gasteiger partial charge on any atom is 0.311 e. The number of benzene rings is 1. The van der Waals surface area contributed by atoms with Gasteiger partial charge in [0.05, 0.1) is 5.92 Å². The number of carboxylic acids is 1. The average molecular weight is 228 g/mol. The third-order valence-electron chi connectivity index (χ3n) is 3.30. The van der Waals surface area contributed by atoms with Gasteiger partial charge in [0, 0.05) is 11.5 Å². The molecule has 2 atom stereocenters. The molecule has 2 unspecified atom stereocenters. The molecule has 1 aliphatic carbocycles. The van der Waals surface area contributed by atoms with Crippen molar-refractivity contribution in [1.29, 1.82) is 0 Å². The van der Waals surface area contributed by atoms with Gasteiger partial charge in [-0.05, 0) is 18.6 Å². The summed E-state index contributed by atoms with van der Waals surface area (Å²) < 4.78 is 5.76. The molecule has 3 rings (SSSR count). The van der Waals surface area contributed by atoms with Crippen LogP contribution in [0.2, 0.25) is 0 Å².